The molecule has 0 unspecified atom stereocenters. The molecule has 2 aliphatic rings. The number of amides is 1. The van der Waals surface area contributed by atoms with Gasteiger partial charge < -0.3 is 19.4 Å². The standard InChI is InChI=1S/C29H29N7O2/c30-18-24-20-32-36-21-25(33-12-14-38-15-13-33)17-26(29(24)36)23-6-7-27(31-19-23)34-8-10-35(11-9-34)28(37)16-22-4-2-1-3-5-22/h1-7,17,19-21H,8-16H2. The smallest absolute Gasteiger partial charge is 0.227 e. The number of morpholine rings is 1. The highest BCUT2D eigenvalue weighted by Gasteiger charge is 2.23. The second-order valence-electron chi connectivity index (χ2n) is 9.61. The number of aromatic nitrogens is 3. The lowest BCUT2D eigenvalue weighted by Crippen LogP contribution is -2.49. The summed E-state index contributed by atoms with van der Waals surface area (Å²) in [5.74, 6) is 1.05. The maximum atomic E-state index is 12.7. The highest BCUT2D eigenvalue weighted by atomic mass is 16.5. The summed E-state index contributed by atoms with van der Waals surface area (Å²) < 4.78 is 7.31. The summed E-state index contributed by atoms with van der Waals surface area (Å²) in [6.07, 6.45) is 5.90. The van der Waals surface area contributed by atoms with Gasteiger partial charge in [-0.05, 0) is 23.8 Å². The predicted molar refractivity (Wildman–Crippen MR) is 145 cm³/mol. The van der Waals surface area contributed by atoms with Crippen molar-refractivity contribution in [3.05, 3.63) is 78.2 Å². The first-order valence-corrected chi connectivity index (χ1v) is 13.0. The van der Waals surface area contributed by atoms with Crippen molar-refractivity contribution in [2.75, 3.05) is 62.3 Å². The van der Waals surface area contributed by atoms with E-state index in [0.717, 1.165) is 59.9 Å². The molecule has 0 bridgehead atoms. The molecule has 3 aromatic heterocycles. The van der Waals surface area contributed by atoms with E-state index in [1.807, 2.05) is 53.7 Å². The summed E-state index contributed by atoms with van der Waals surface area (Å²) in [7, 11) is 0. The van der Waals surface area contributed by atoms with Gasteiger partial charge in [-0.25, -0.2) is 9.50 Å². The molecule has 38 heavy (non-hydrogen) atoms. The molecule has 1 amide bonds. The minimum atomic E-state index is 0.164. The van der Waals surface area contributed by atoms with Crippen LogP contribution in [0.5, 0.6) is 0 Å². The normalized spacial score (nSPS) is 16.0. The minimum Gasteiger partial charge on any atom is -0.378 e. The van der Waals surface area contributed by atoms with Crippen molar-refractivity contribution in [3.8, 4) is 17.2 Å². The summed E-state index contributed by atoms with van der Waals surface area (Å²) in [5.41, 5.74) is 5.27. The predicted octanol–water partition coefficient (Wildman–Crippen LogP) is 3.00. The molecule has 5 heterocycles. The highest BCUT2D eigenvalue weighted by molar-refractivity contribution is 5.86. The minimum absolute atomic E-state index is 0.164. The van der Waals surface area contributed by atoms with Gasteiger partial charge in [0.05, 0.1) is 48.8 Å². The molecular formula is C29H29N7O2. The Labute approximate surface area is 221 Å². The van der Waals surface area contributed by atoms with E-state index < -0.39 is 0 Å². The number of fused-ring (bicyclic) bond motifs is 1. The van der Waals surface area contributed by atoms with Gasteiger partial charge in [0.15, 0.2) is 0 Å². The molecular weight excluding hydrogens is 478 g/mol. The lowest BCUT2D eigenvalue weighted by atomic mass is 10.0. The van der Waals surface area contributed by atoms with E-state index in [1.54, 1.807) is 10.7 Å². The second-order valence-corrected chi connectivity index (χ2v) is 9.61. The van der Waals surface area contributed by atoms with Crippen LogP contribution in [0.2, 0.25) is 0 Å². The van der Waals surface area contributed by atoms with Crippen molar-refractivity contribution >= 4 is 22.9 Å². The fourth-order valence-corrected chi connectivity index (χ4v) is 5.20. The molecule has 9 heteroatoms. The highest BCUT2D eigenvalue weighted by Crippen LogP contribution is 2.32. The number of nitrogens with zero attached hydrogens (tertiary/aromatic N) is 7. The molecule has 9 nitrogen and oxygen atoms in total. The summed E-state index contributed by atoms with van der Waals surface area (Å²) in [6, 6.07) is 18.4. The Morgan fingerprint density at radius 2 is 1.74 bits per heavy atom. The molecule has 0 N–H and O–H groups in total. The lowest BCUT2D eigenvalue weighted by molar-refractivity contribution is -0.130. The first-order valence-electron chi connectivity index (χ1n) is 13.0. The van der Waals surface area contributed by atoms with E-state index in [1.165, 1.54) is 0 Å². The third kappa shape index (κ3) is 4.78. The van der Waals surface area contributed by atoms with Crippen molar-refractivity contribution in [2.24, 2.45) is 0 Å². The van der Waals surface area contributed by atoms with E-state index in [-0.39, 0.29) is 5.91 Å². The molecule has 0 spiro atoms. The van der Waals surface area contributed by atoms with Crippen molar-refractivity contribution < 1.29 is 9.53 Å². The van der Waals surface area contributed by atoms with Gasteiger partial charge in [0, 0.05) is 56.6 Å². The summed E-state index contributed by atoms with van der Waals surface area (Å²) in [4.78, 5) is 24.0. The van der Waals surface area contributed by atoms with Crippen molar-refractivity contribution in [2.45, 2.75) is 6.42 Å². The number of carbonyl (C=O) groups is 1. The molecule has 0 atom stereocenters. The van der Waals surface area contributed by atoms with Gasteiger partial charge in [0.25, 0.3) is 0 Å². The number of pyridine rings is 2. The Bertz CT molecular complexity index is 1460. The van der Waals surface area contributed by atoms with Crippen LogP contribution in [-0.4, -0.2) is 77.9 Å². The van der Waals surface area contributed by atoms with E-state index in [0.29, 0.717) is 38.3 Å². The van der Waals surface area contributed by atoms with E-state index in [2.05, 4.69) is 33.1 Å². The van der Waals surface area contributed by atoms with E-state index in [4.69, 9.17) is 9.72 Å². The zero-order valence-electron chi connectivity index (χ0n) is 21.2. The summed E-state index contributed by atoms with van der Waals surface area (Å²) in [6.45, 7) is 5.85. The van der Waals surface area contributed by atoms with Gasteiger partial charge in [-0.1, -0.05) is 30.3 Å². The molecule has 2 fully saturated rings. The Morgan fingerprint density at radius 3 is 2.45 bits per heavy atom. The monoisotopic (exact) mass is 507 g/mol. The van der Waals surface area contributed by atoms with Crippen LogP contribution in [-0.2, 0) is 16.0 Å². The van der Waals surface area contributed by atoms with Crippen LogP contribution in [0.3, 0.4) is 0 Å². The third-order valence-corrected chi connectivity index (χ3v) is 7.31. The molecule has 1 aromatic carbocycles. The van der Waals surface area contributed by atoms with Gasteiger partial charge in [-0.15, -0.1) is 0 Å². The van der Waals surface area contributed by atoms with Crippen LogP contribution in [0.15, 0.2) is 67.1 Å². The number of anilines is 2. The topological polar surface area (TPSA) is 90.0 Å². The Balaban J connectivity index is 1.19. The molecule has 0 aliphatic carbocycles. The van der Waals surface area contributed by atoms with Crippen molar-refractivity contribution in [3.63, 3.8) is 0 Å². The fraction of sp³-hybridized carbons (Fsp3) is 0.310. The van der Waals surface area contributed by atoms with E-state index in [9.17, 15) is 10.1 Å². The number of benzene rings is 1. The molecule has 192 valence electrons. The quantitative estimate of drug-likeness (QED) is 0.410. The molecule has 2 saturated heterocycles. The molecule has 0 saturated carbocycles. The Kier molecular flexibility index (Phi) is 6.63. The number of piperazine rings is 1. The zero-order chi connectivity index (χ0) is 25.9. The van der Waals surface area contributed by atoms with Gasteiger partial charge in [-0.3, -0.25) is 4.79 Å². The van der Waals surface area contributed by atoms with E-state index >= 15 is 0 Å². The Hall–Kier alpha value is -4.42. The number of nitriles is 1. The fourth-order valence-electron chi connectivity index (χ4n) is 5.20. The molecule has 4 aromatic rings. The van der Waals surface area contributed by atoms with Crippen molar-refractivity contribution in [1.29, 1.82) is 5.26 Å². The van der Waals surface area contributed by atoms with Crippen LogP contribution in [0.25, 0.3) is 16.6 Å². The third-order valence-electron chi connectivity index (χ3n) is 7.31. The molecule has 0 radical (unpaired) electrons. The molecule has 2 aliphatic heterocycles. The van der Waals surface area contributed by atoms with Gasteiger partial charge in [0.1, 0.15) is 11.9 Å². The average Bonchev–Trinajstić information content (AvgIpc) is 3.41. The van der Waals surface area contributed by atoms with Crippen molar-refractivity contribution in [1.82, 2.24) is 19.5 Å². The van der Waals surface area contributed by atoms with Crippen LogP contribution >= 0.6 is 0 Å². The number of hydrogen-bond acceptors (Lipinski definition) is 7. The van der Waals surface area contributed by atoms with Gasteiger partial charge in [-0.2, -0.15) is 10.4 Å². The first-order chi connectivity index (χ1) is 18.7. The largest absolute Gasteiger partial charge is 0.378 e. The lowest BCUT2D eigenvalue weighted by Gasteiger charge is -2.35. The number of ether oxygens (including phenoxy) is 1. The van der Waals surface area contributed by atoms with Crippen LogP contribution < -0.4 is 9.80 Å². The SMILES string of the molecule is N#Cc1cnn2cc(N3CCOCC3)cc(-c3ccc(N4CCN(C(=O)Cc5ccccc5)CC4)nc3)c12. The maximum Gasteiger partial charge on any atom is 0.227 e. The molecule has 6 rings (SSSR count). The second kappa shape index (κ2) is 10.5. The van der Waals surface area contributed by atoms with Crippen LogP contribution in [0.1, 0.15) is 11.1 Å². The maximum absolute atomic E-state index is 12.7. The number of hydrogen-bond donors (Lipinski definition) is 0. The number of carbonyl (C=O) groups excluding carboxylic acids is 1. The van der Waals surface area contributed by atoms with Crippen LogP contribution in [0.4, 0.5) is 11.5 Å². The summed E-state index contributed by atoms with van der Waals surface area (Å²) >= 11 is 0. The van der Waals surface area contributed by atoms with Gasteiger partial charge in [0.2, 0.25) is 5.91 Å². The zero-order valence-corrected chi connectivity index (χ0v) is 21.2. The first kappa shape index (κ1) is 23.9. The van der Waals surface area contributed by atoms with Crippen LogP contribution in [0, 0.1) is 11.3 Å². The Morgan fingerprint density at radius 1 is 0.947 bits per heavy atom. The average molecular weight is 508 g/mol. The number of rotatable bonds is 5. The summed E-state index contributed by atoms with van der Waals surface area (Å²) in [5, 5.41) is 14.1. The van der Waals surface area contributed by atoms with Gasteiger partial charge >= 0.3 is 0 Å².